The number of thiophene rings is 1. The molecule has 0 radical (unpaired) electrons. The number of hydrogen-bond acceptors (Lipinski definition) is 5. The van der Waals surface area contributed by atoms with E-state index in [1.54, 1.807) is 17.5 Å². The van der Waals surface area contributed by atoms with E-state index in [2.05, 4.69) is 69.3 Å². The van der Waals surface area contributed by atoms with Gasteiger partial charge in [0, 0.05) is 51.4 Å². The molecule has 5 aromatic rings. The number of hydrogen-bond donors (Lipinski definition) is 2. The average Bonchev–Trinajstić information content (AvgIpc) is 3.49. The van der Waals surface area contributed by atoms with Crippen LogP contribution in [0.5, 0.6) is 0 Å². The van der Waals surface area contributed by atoms with Gasteiger partial charge in [0.2, 0.25) is 5.95 Å². The first-order valence-electron chi connectivity index (χ1n) is 11.2. The van der Waals surface area contributed by atoms with Gasteiger partial charge in [-0.25, -0.2) is 15.0 Å². The van der Waals surface area contributed by atoms with Crippen LogP contribution < -0.4 is 5.32 Å². The van der Waals surface area contributed by atoms with Crippen LogP contribution in [0.2, 0.25) is 0 Å². The van der Waals surface area contributed by atoms with Gasteiger partial charge in [-0.05, 0) is 42.7 Å². The largest absolute Gasteiger partial charge is 0.354 e. The molecular formula is C28H25N5S. The van der Waals surface area contributed by atoms with Crippen molar-refractivity contribution in [2.45, 2.75) is 13.3 Å². The molecule has 0 fully saturated rings. The third kappa shape index (κ3) is 4.54. The Bertz CT molecular complexity index is 1460. The number of nitrogens with zero attached hydrogens (tertiary/aromatic N) is 3. The molecular weight excluding hydrogens is 438 g/mol. The van der Waals surface area contributed by atoms with Crippen molar-refractivity contribution in [2.24, 2.45) is 0 Å². The summed E-state index contributed by atoms with van der Waals surface area (Å²) in [7, 11) is 0. The van der Waals surface area contributed by atoms with Crippen LogP contribution in [0.25, 0.3) is 44.9 Å². The van der Waals surface area contributed by atoms with Gasteiger partial charge >= 0.3 is 0 Å². The molecule has 1 aromatic carbocycles. The van der Waals surface area contributed by atoms with Gasteiger partial charge in [-0.1, -0.05) is 55.1 Å². The highest BCUT2D eigenvalue weighted by atomic mass is 32.1. The zero-order valence-corrected chi connectivity index (χ0v) is 19.8. The summed E-state index contributed by atoms with van der Waals surface area (Å²) in [5, 5.41) is 4.38. The predicted molar refractivity (Wildman–Crippen MR) is 144 cm³/mol. The molecule has 4 aromatic heterocycles. The Morgan fingerprint density at radius 1 is 1.12 bits per heavy atom. The monoisotopic (exact) mass is 463 g/mol. The number of nitrogens with one attached hydrogen (secondary N) is 2. The molecule has 0 saturated heterocycles. The van der Waals surface area contributed by atoms with Crippen LogP contribution in [0.3, 0.4) is 0 Å². The Hall–Kier alpha value is -4.03. The van der Waals surface area contributed by atoms with Gasteiger partial charge in [-0.2, -0.15) is 0 Å². The van der Waals surface area contributed by atoms with Crippen LogP contribution >= 0.6 is 11.3 Å². The summed E-state index contributed by atoms with van der Waals surface area (Å²) in [5.74, 6) is 0.622. The van der Waals surface area contributed by atoms with Crippen LogP contribution in [0.1, 0.15) is 22.9 Å². The van der Waals surface area contributed by atoms with E-state index < -0.39 is 0 Å². The molecule has 5 nitrogen and oxygen atoms in total. The minimum absolute atomic E-state index is 0.622. The molecule has 0 aliphatic rings. The molecule has 6 heteroatoms. The first kappa shape index (κ1) is 21.8. The van der Waals surface area contributed by atoms with Gasteiger partial charge in [-0.3, -0.25) is 0 Å². The van der Waals surface area contributed by atoms with E-state index >= 15 is 0 Å². The lowest BCUT2D eigenvalue weighted by Crippen LogP contribution is -2.08. The second-order valence-electron chi connectivity index (χ2n) is 7.88. The molecule has 0 bridgehead atoms. The topological polar surface area (TPSA) is 66.5 Å². The molecule has 0 aliphatic heterocycles. The summed E-state index contributed by atoms with van der Waals surface area (Å²) in [5.41, 5.74) is 6.24. The van der Waals surface area contributed by atoms with Crippen LogP contribution in [0.15, 0.2) is 79.8 Å². The quantitative estimate of drug-likeness (QED) is 0.258. The summed E-state index contributed by atoms with van der Waals surface area (Å²) in [6.07, 6.45) is 12.6. The lowest BCUT2D eigenvalue weighted by Gasteiger charge is -2.07. The molecule has 0 spiro atoms. The van der Waals surface area contributed by atoms with Crippen LogP contribution in [-0.2, 0) is 6.42 Å². The molecule has 2 N–H and O–H groups in total. The summed E-state index contributed by atoms with van der Waals surface area (Å²) < 4.78 is 0. The Morgan fingerprint density at radius 2 is 2.00 bits per heavy atom. The number of pyridine rings is 1. The van der Waals surface area contributed by atoms with Crippen molar-refractivity contribution in [1.82, 2.24) is 19.9 Å². The van der Waals surface area contributed by atoms with E-state index in [1.807, 2.05) is 43.6 Å². The standard InChI is InChI=1S/C28H25N5S/c1-3-8-20-16-26(34-25(20)4-2)21-15-22-23(18-32-27(22)31-17-21)24-12-14-30-28(33-24)29-13-11-19-9-6-5-7-10-19/h3-10,12,14-18H,2,11,13H2,1H3,(H,31,32)(H,29,30,33)/b8-3-. The van der Waals surface area contributed by atoms with E-state index in [0.29, 0.717) is 5.95 Å². The zero-order valence-electron chi connectivity index (χ0n) is 19.0. The number of aromatic nitrogens is 4. The summed E-state index contributed by atoms with van der Waals surface area (Å²) in [6, 6.07) is 16.7. The van der Waals surface area contributed by atoms with E-state index in [4.69, 9.17) is 4.98 Å². The van der Waals surface area contributed by atoms with E-state index in [0.717, 1.165) is 50.6 Å². The molecule has 168 valence electrons. The first-order valence-corrected chi connectivity index (χ1v) is 12.0. The number of H-pyrrole nitrogens is 1. The Balaban J connectivity index is 1.42. The van der Waals surface area contributed by atoms with Crippen molar-refractivity contribution < 1.29 is 0 Å². The Morgan fingerprint density at radius 3 is 2.82 bits per heavy atom. The third-order valence-corrected chi connectivity index (χ3v) is 6.81. The van der Waals surface area contributed by atoms with Crippen LogP contribution in [0, 0.1) is 0 Å². The minimum atomic E-state index is 0.622. The van der Waals surface area contributed by atoms with Gasteiger partial charge in [-0.15, -0.1) is 11.3 Å². The third-order valence-electron chi connectivity index (χ3n) is 5.61. The average molecular weight is 464 g/mol. The highest BCUT2D eigenvalue weighted by Gasteiger charge is 2.13. The van der Waals surface area contributed by atoms with E-state index in [-0.39, 0.29) is 0 Å². The maximum atomic E-state index is 4.76. The fourth-order valence-electron chi connectivity index (χ4n) is 3.94. The van der Waals surface area contributed by atoms with Gasteiger partial charge in [0.1, 0.15) is 5.65 Å². The number of aromatic amines is 1. The van der Waals surface area contributed by atoms with Crippen molar-refractivity contribution in [3.63, 3.8) is 0 Å². The normalized spacial score (nSPS) is 11.3. The molecule has 5 rings (SSSR count). The van der Waals surface area contributed by atoms with Crippen molar-refractivity contribution in [2.75, 3.05) is 11.9 Å². The van der Waals surface area contributed by atoms with Crippen molar-refractivity contribution in [3.05, 3.63) is 95.8 Å². The summed E-state index contributed by atoms with van der Waals surface area (Å²) in [4.78, 5) is 19.4. The van der Waals surface area contributed by atoms with Gasteiger partial charge in [0.05, 0.1) is 5.69 Å². The number of anilines is 1. The van der Waals surface area contributed by atoms with Crippen molar-refractivity contribution >= 4 is 40.5 Å². The fourth-order valence-corrected chi connectivity index (χ4v) is 4.92. The lowest BCUT2D eigenvalue weighted by atomic mass is 10.1. The molecule has 0 unspecified atom stereocenters. The fraction of sp³-hybridized carbons (Fsp3) is 0.107. The van der Waals surface area contributed by atoms with E-state index in [1.165, 1.54) is 11.1 Å². The Labute approximate surface area is 203 Å². The van der Waals surface area contributed by atoms with Gasteiger partial charge < -0.3 is 10.3 Å². The highest BCUT2D eigenvalue weighted by Crippen LogP contribution is 2.36. The maximum Gasteiger partial charge on any atom is 0.223 e. The molecule has 34 heavy (non-hydrogen) atoms. The molecule has 0 atom stereocenters. The Kier molecular flexibility index (Phi) is 6.31. The molecule has 0 amide bonds. The van der Waals surface area contributed by atoms with Crippen molar-refractivity contribution in [3.8, 4) is 21.7 Å². The minimum Gasteiger partial charge on any atom is -0.354 e. The number of rotatable bonds is 8. The number of allylic oxidation sites excluding steroid dienone is 1. The van der Waals surface area contributed by atoms with Gasteiger partial charge in [0.15, 0.2) is 0 Å². The SMILES string of the molecule is C=Cc1sc(-c2cnc3[nH]cc(-c4ccnc(NCCc5ccccc5)n4)c3c2)cc1/C=C\C. The number of benzene rings is 1. The van der Waals surface area contributed by atoms with Crippen LogP contribution in [0.4, 0.5) is 5.95 Å². The maximum absolute atomic E-state index is 4.76. The lowest BCUT2D eigenvalue weighted by molar-refractivity contribution is 0.985. The first-order chi connectivity index (χ1) is 16.7. The smallest absolute Gasteiger partial charge is 0.223 e. The van der Waals surface area contributed by atoms with Crippen molar-refractivity contribution in [1.29, 1.82) is 0 Å². The zero-order chi connectivity index (χ0) is 23.3. The second kappa shape index (κ2) is 9.85. The molecule has 4 heterocycles. The summed E-state index contributed by atoms with van der Waals surface area (Å²) in [6.45, 7) is 6.75. The highest BCUT2D eigenvalue weighted by molar-refractivity contribution is 7.16. The van der Waals surface area contributed by atoms with Crippen LogP contribution in [-0.4, -0.2) is 26.5 Å². The number of fused-ring (bicyclic) bond motifs is 1. The molecule has 0 aliphatic carbocycles. The van der Waals surface area contributed by atoms with E-state index in [9.17, 15) is 0 Å². The second-order valence-corrected chi connectivity index (χ2v) is 8.97. The molecule has 0 saturated carbocycles. The summed E-state index contributed by atoms with van der Waals surface area (Å²) >= 11 is 1.72. The van der Waals surface area contributed by atoms with Gasteiger partial charge in [0.25, 0.3) is 0 Å². The predicted octanol–water partition coefficient (Wildman–Crippen LogP) is 7.08.